The van der Waals surface area contributed by atoms with E-state index >= 15 is 0 Å². The summed E-state index contributed by atoms with van der Waals surface area (Å²) < 4.78 is 4.94. The number of nitrogen functional groups attached to an aromatic ring is 1. The van der Waals surface area contributed by atoms with Crippen LogP contribution in [0, 0.1) is 0 Å². The van der Waals surface area contributed by atoms with E-state index in [9.17, 15) is 4.79 Å². The van der Waals surface area contributed by atoms with Gasteiger partial charge in [-0.15, -0.1) is 0 Å². The fourth-order valence-corrected chi connectivity index (χ4v) is 0.808. The molecule has 1 aromatic rings. The minimum atomic E-state index is -1.05. The van der Waals surface area contributed by atoms with E-state index in [0.717, 1.165) is 0 Å². The molecule has 0 fully saturated rings. The van der Waals surface area contributed by atoms with Gasteiger partial charge in [-0.25, -0.2) is 0 Å². The second kappa shape index (κ2) is 3.27. The molecule has 0 aliphatic heterocycles. The van der Waals surface area contributed by atoms with Gasteiger partial charge in [0.05, 0.1) is 0 Å². The first-order chi connectivity index (χ1) is 5.59. The second-order valence-corrected chi connectivity index (χ2v) is 2.45. The Morgan fingerprint density at radius 2 is 2.33 bits per heavy atom. The number of aliphatic carboxylic acids is 1. The molecule has 0 saturated heterocycles. The first-order valence-corrected chi connectivity index (χ1v) is 3.42. The van der Waals surface area contributed by atoms with E-state index < -0.39 is 12.0 Å². The first-order valence-electron chi connectivity index (χ1n) is 3.42. The SMILES string of the molecule is Nc1ccc(C[C@H](N)C(=O)O)o1. The molecule has 5 N–H and O–H groups in total. The number of carbonyl (C=O) groups is 1. The van der Waals surface area contributed by atoms with Gasteiger partial charge in [-0.3, -0.25) is 4.79 Å². The van der Waals surface area contributed by atoms with Gasteiger partial charge < -0.3 is 21.0 Å². The molecule has 0 aromatic carbocycles. The monoisotopic (exact) mass is 170 g/mol. The van der Waals surface area contributed by atoms with Gasteiger partial charge in [0, 0.05) is 12.5 Å². The Morgan fingerprint density at radius 3 is 2.75 bits per heavy atom. The van der Waals surface area contributed by atoms with Crippen LogP contribution in [0.3, 0.4) is 0 Å². The largest absolute Gasteiger partial charge is 0.480 e. The highest BCUT2D eigenvalue weighted by atomic mass is 16.4. The van der Waals surface area contributed by atoms with Crippen LogP contribution >= 0.6 is 0 Å². The third kappa shape index (κ3) is 2.00. The summed E-state index contributed by atoms with van der Waals surface area (Å²) in [4.78, 5) is 10.3. The standard InChI is InChI=1S/C7H10N2O3/c8-5(7(10)11)3-4-1-2-6(9)12-4/h1-2,5H,3,8-9H2,(H,10,11)/t5-/m0/s1. The van der Waals surface area contributed by atoms with Crippen LogP contribution in [0.1, 0.15) is 5.76 Å². The molecular formula is C7H10N2O3. The molecule has 66 valence electrons. The maximum atomic E-state index is 10.3. The van der Waals surface area contributed by atoms with Gasteiger partial charge in [-0.05, 0) is 6.07 Å². The normalized spacial score (nSPS) is 12.8. The number of hydrogen-bond donors (Lipinski definition) is 3. The van der Waals surface area contributed by atoms with Crippen LogP contribution in [0.2, 0.25) is 0 Å². The summed E-state index contributed by atoms with van der Waals surface area (Å²) in [6, 6.07) is 2.23. The van der Waals surface area contributed by atoms with Gasteiger partial charge in [0.1, 0.15) is 11.8 Å². The Hall–Kier alpha value is -1.49. The lowest BCUT2D eigenvalue weighted by molar-refractivity contribution is -0.138. The van der Waals surface area contributed by atoms with Crippen molar-refractivity contribution >= 4 is 11.9 Å². The Morgan fingerprint density at radius 1 is 1.67 bits per heavy atom. The van der Waals surface area contributed by atoms with E-state index in [2.05, 4.69) is 0 Å². The lowest BCUT2D eigenvalue weighted by atomic mass is 10.2. The third-order valence-electron chi connectivity index (χ3n) is 1.42. The van der Waals surface area contributed by atoms with E-state index in [1.807, 2.05) is 0 Å². The number of rotatable bonds is 3. The average molecular weight is 170 g/mol. The molecule has 0 amide bonds. The zero-order valence-electron chi connectivity index (χ0n) is 6.36. The Kier molecular flexibility index (Phi) is 2.35. The molecule has 1 atom stereocenters. The van der Waals surface area contributed by atoms with E-state index in [-0.39, 0.29) is 12.3 Å². The van der Waals surface area contributed by atoms with E-state index in [0.29, 0.717) is 5.76 Å². The van der Waals surface area contributed by atoms with Gasteiger partial charge in [-0.1, -0.05) is 0 Å². The molecule has 0 spiro atoms. The number of carboxylic acids is 1. The Labute approximate surface area is 69.0 Å². The summed E-state index contributed by atoms with van der Waals surface area (Å²) in [6.45, 7) is 0. The number of hydrogen-bond acceptors (Lipinski definition) is 4. The van der Waals surface area contributed by atoms with Gasteiger partial charge in [0.15, 0.2) is 5.88 Å². The molecular weight excluding hydrogens is 160 g/mol. The van der Waals surface area contributed by atoms with Crippen LogP contribution in [-0.4, -0.2) is 17.1 Å². The predicted molar refractivity (Wildman–Crippen MR) is 42.4 cm³/mol. The van der Waals surface area contributed by atoms with Crippen molar-refractivity contribution in [1.82, 2.24) is 0 Å². The number of anilines is 1. The van der Waals surface area contributed by atoms with Crippen molar-refractivity contribution in [2.24, 2.45) is 5.73 Å². The fourth-order valence-electron chi connectivity index (χ4n) is 0.808. The van der Waals surface area contributed by atoms with E-state index in [4.69, 9.17) is 21.0 Å². The summed E-state index contributed by atoms with van der Waals surface area (Å²) in [5, 5.41) is 8.45. The van der Waals surface area contributed by atoms with Crippen molar-refractivity contribution in [1.29, 1.82) is 0 Å². The van der Waals surface area contributed by atoms with Gasteiger partial charge >= 0.3 is 5.97 Å². The first kappa shape index (κ1) is 8.61. The van der Waals surface area contributed by atoms with Crippen LogP contribution in [0.5, 0.6) is 0 Å². The summed E-state index contributed by atoms with van der Waals surface area (Å²) in [6.07, 6.45) is 0.159. The van der Waals surface area contributed by atoms with Crippen molar-refractivity contribution in [2.45, 2.75) is 12.5 Å². The highest BCUT2D eigenvalue weighted by Crippen LogP contribution is 2.10. The molecule has 5 heteroatoms. The van der Waals surface area contributed by atoms with Crippen molar-refractivity contribution in [2.75, 3.05) is 5.73 Å². The topological polar surface area (TPSA) is 102 Å². The quantitative estimate of drug-likeness (QED) is 0.583. The molecule has 12 heavy (non-hydrogen) atoms. The highest BCUT2D eigenvalue weighted by molar-refractivity contribution is 5.73. The molecule has 0 unspecified atom stereocenters. The summed E-state index contributed by atoms with van der Waals surface area (Å²) in [5.74, 6) is -0.296. The molecule has 0 aliphatic carbocycles. The number of furan rings is 1. The third-order valence-corrected chi connectivity index (χ3v) is 1.42. The molecule has 1 rings (SSSR count). The molecule has 0 radical (unpaired) electrons. The summed E-state index contributed by atoms with van der Waals surface area (Å²) in [5.41, 5.74) is 10.5. The van der Waals surface area contributed by atoms with Crippen molar-refractivity contribution in [3.05, 3.63) is 17.9 Å². The minimum absolute atomic E-state index is 0.159. The summed E-state index contributed by atoms with van der Waals surface area (Å²) >= 11 is 0. The molecule has 0 aliphatic rings. The van der Waals surface area contributed by atoms with E-state index in [1.165, 1.54) is 0 Å². The van der Waals surface area contributed by atoms with Crippen LogP contribution in [0.4, 0.5) is 5.88 Å². The molecule has 5 nitrogen and oxygen atoms in total. The zero-order valence-corrected chi connectivity index (χ0v) is 6.36. The van der Waals surface area contributed by atoms with Gasteiger partial charge in [0.25, 0.3) is 0 Å². The predicted octanol–water partition coefficient (Wildman–Crippen LogP) is -0.184. The van der Waals surface area contributed by atoms with Crippen molar-refractivity contribution in [3.8, 4) is 0 Å². The molecule has 1 heterocycles. The van der Waals surface area contributed by atoms with Crippen molar-refractivity contribution in [3.63, 3.8) is 0 Å². The lowest BCUT2D eigenvalue weighted by Gasteiger charge is -2.01. The highest BCUT2D eigenvalue weighted by Gasteiger charge is 2.13. The minimum Gasteiger partial charge on any atom is -0.480 e. The fraction of sp³-hybridized carbons (Fsp3) is 0.286. The lowest BCUT2D eigenvalue weighted by Crippen LogP contribution is -2.32. The Bertz CT molecular complexity index is 282. The second-order valence-electron chi connectivity index (χ2n) is 2.45. The molecule has 1 aromatic heterocycles. The summed E-state index contributed by atoms with van der Waals surface area (Å²) in [7, 11) is 0. The van der Waals surface area contributed by atoms with Crippen LogP contribution in [0.25, 0.3) is 0 Å². The molecule has 0 saturated carbocycles. The average Bonchev–Trinajstić information content (AvgIpc) is 2.35. The van der Waals surface area contributed by atoms with Gasteiger partial charge in [-0.2, -0.15) is 0 Å². The number of nitrogens with two attached hydrogens (primary N) is 2. The maximum absolute atomic E-state index is 10.3. The van der Waals surface area contributed by atoms with Gasteiger partial charge in [0.2, 0.25) is 0 Å². The Balaban J connectivity index is 2.58. The zero-order chi connectivity index (χ0) is 9.14. The smallest absolute Gasteiger partial charge is 0.320 e. The maximum Gasteiger partial charge on any atom is 0.320 e. The van der Waals surface area contributed by atoms with Crippen LogP contribution in [-0.2, 0) is 11.2 Å². The molecule has 0 bridgehead atoms. The van der Waals surface area contributed by atoms with E-state index in [1.54, 1.807) is 12.1 Å². The number of carboxylic acid groups (broad SMARTS) is 1. The van der Waals surface area contributed by atoms with Crippen LogP contribution in [0.15, 0.2) is 16.5 Å². The van der Waals surface area contributed by atoms with Crippen molar-refractivity contribution < 1.29 is 14.3 Å². The van der Waals surface area contributed by atoms with Crippen LogP contribution < -0.4 is 11.5 Å².